The van der Waals surface area contributed by atoms with Gasteiger partial charge in [-0.1, -0.05) is 6.07 Å². The number of carbonyl (C=O) groups excluding carboxylic acids is 1. The minimum atomic E-state index is -0.152. The van der Waals surface area contributed by atoms with Crippen molar-refractivity contribution in [1.82, 2.24) is 15.6 Å². The van der Waals surface area contributed by atoms with Gasteiger partial charge in [-0.3, -0.25) is 4.79 Å². The summed E-state index contributed by atoms with van der Waals surface area (Å²) in [5.74, 6) is 2.55. The molecule has 0 aliphatic carbocycles. The number of nitrogens with zero attached hydrogens (tertiary/aromatic N) is 2. The molecule has 0 aliphatic heterocycles. The Balaban J connectivity index is 2.07. The first kappa shape index (κ1) is 20.3. The monoisotopic (exact) mass is 373 g/mol. The van der Waals surface area contributed by atoms with Gasteiger partial charge in [-0.05, 0) is 38.5 Å². The van der Waals surface area contributed by atoms with E-state index in [1.54, 1.807) is 7.11 Å². The Hall–Kier alpha value is -3.03. The number of rotatable bonds is 7. The number of guanidine groups is 1. The lowest BCUT2D eigenvalue weighted by Crippen LogP contribution is -2.36. The summed E-state index contributed by atoms with van der Waals surface area (Å²) in [5, 5.41) is 9.16. The molecule has 146 valence electrons. The Morgan fingerprint density at radius 2 is 2.07 bits per heavy atom. The lowest BCUT2D eigenvalue weighted by Gasteiger charge is -2.12. The predicted octanol–water partition coefficient (Wildman–Crippen LogP) is 2.51. The highest BCUT2D eigenvalue weighted by Crippen LogP contribution is 2.25. The van der Waals surface area contributed by atoms with Crippen LogP contribution in [0.2, 0.25) is 0 Å². The molecule has 0 aliphatic rings. The number of aliphatic imine (C=N–C) groups is 1. The minimum Gasteiger partial charge on any atom is -0.495 e. The Kier molecular flexibility index (Phi) is 7.22. The van der Waals surface area contributed by atoms with Gasteiger partial charge in [0.25, 0.3) is 0 Å². The van der Waals surface area contributed by atoms with Crippen molar-refractivity contribution >= 4 is 17.6 Å². The number of benzene rings is 1. The fraction of sp³-hybridized carbons (Fsp3) is 0.421. The highest BCUT2D eigenvalue weighted by molar-refractivity contribution is 5.90. The molecule has 1 aromatic carbocycles. The van der Waals surface area contributed by atoms with E-state index in [1.165, 1.54) is 6.92 Å². The van der Waals surface area contributed by atoms with E-state index in [-0.39, 0.29) is 5.91 Å². The van der Waals surface area contributed by atoms with Gasteiger partial charge in [0.15, 0.2) is 5.96 Å². The van der Waals surface area contributed by atoms with E-state index in [4.69, 9.17) is 9.15 Å². The molecule has 2 aromatic rings. The summed E-state index contributed by atoms with van der Waals surface area (Å²) in [4.78, 5) is 20.3. The zero-order chi connectivity index (χ0) is 19.8. The lowest BCUT2D eigenvalue weighted by molar-refractivity contribution is -0.114. The number of aromatic nitrogens is 1. The van der Waals surface area contributed by atoms with E-state index in [1.807, 2.05) is 39.0 Å². The SMILES string of the molecule is CCNC(=NCc1ccc(OC)c(NC(C)=O)c1)NCc1nc(C)c(C)o1. The van der Waals surface area contributed by atoms with Crippen LogP contribution in [0, 0.1) is 13.8 Å². The van der Waals surface area contributed by atoms with Gasteiger partial charge in [0.05, 0.1) is 31.6 Å². The molecule has 0 bridgehead atoms. The third kappa shape index (κ3) is 6.02. The van der Waals surface area contributed by atoms with E-state index in [0.29, 0.717) is 36.4 Å². The Morgan fingerprint density at radius 3 is 2.67 bits per heavy atom. The van der Waals surface area contributed by atoms with E-state index in [9.17, 15) is 4.79 Å². The average Bonchev–Trinajstić information content (AvgIpc) is 2.95. The van der Waals surface area contributed by atoms with Crippen LogP contribution in [0.1, 0.15) is 36.8 Å². The van der Waals surface area contributed by atoms with E-state index < -0.39 is 0 Å². The van der Waals surface area contributed by atoms with Crippen molar-refractivity contribution < 1.29 is 13.9 Å². The van der Waals surface area contributed by atoms with Crippen molar-refractivity contribution in [1.29, 1.82) is 0 Å². The maximum Gasteiger partial charge on any atom is 0.221 e. The van der Waals surface area contributed by atoms with Crippen LogP contribution in [0.25, 0.3) is 0 Å². The fourth-order valence-corrected chi connectivity index (χ4v) is 2.43. The van der Waals surface area contributed by atoms with Crippen molar-refractivity contribution in [3.63, 3.8) is 0 Å². The van der Waals surface area contributed by atoms with E-state index >= 15 is 0 Å². The van der Waals surface area contributed by atoms with Crippen molar-refractivity contribution in [3.05, 3.63) is 41.1 Å². The van der Waals surface area contributed by atoms with Gasteiger partial charge in [-0.25, -0.2) is 9.98 Å². The molecule has 0 saturated heterocycles. The maximum absolute atomic E-state index is 11.4. The summed E-state index contributed by atoms with van der Waals surface area (Å²) in [5.41, 5.74) is 2.46. The number of oxazole rings is 1. The van der Waals surface area contributed by atoms with Gasteiger partial charge in [-0.15, -0.1) is 0 Å². The third-order valence-corrected chi connectivity index (χ3v) is 3.82. The molecule has 0 spiro atoms. The Labute approximate surface area is 159 Å². The summed E-state index contributed by atoms with van der Waals surface area (Å²) in [6, 6.07) is 5.58. The smallest absolute Gasteiger partial charge is 0.221 e. The van der Waals surface area contributed by atoms with Gasteiger partial charge in [0, 0.05) is 13.5 Å². The first-order valence-corrected chi connectivity index (χ1v) is 8.82. The van der Waals surface area contributed by atoms with Crippen LogP contribution in [0.15, 0.2) is 27.6 Å². The molecule has 2 rings (SSSR count). The predicted molar refractivity (Wildman–Crippen MR) is 105 cm³/mol. The van der Waals surface area contributed by atoms with Crippen LogP contribution in [0.3, 0.4) is 0 Å². The summed E-state index contributed by atoms with van der Waals surface area (Å²) >= 11 is 0. The molecule has 0 unspecified atom stereocenters. The summed E-state index contributed by atoms with van der Waals surface area (Å²) in [6.45, 7) is 8.88. The van der Waals surface area contributed by atoms with Gasteiger partial charge in [-0.2, -0.15) is 0 Å². The molecule has 0 radical (unpaired) electrons. The van der Waals surface area contributed by atoms with Gasteiger partial charge >= 0.3 is 0 Å². The number of hydrogen-bond donors (Lipinski definition) is 3. The van der Waals surface area contributed by atoms with E-state index in [2.05, 4.69) is 25.9 Å². The molecule has 0 fully saturated rings. The first-order valence-electron chi connectivity index (χ1n) is 8.82. The molecule has 8 heteroatoms. The Morgan fingerprint density at radius 1 is 1.30 bits per heavy atom. The van der Waals surface area contributed by atoms with Crippen molar-refractivity contribution in [2.75, 3.05) is 19.0 Å². The fourth-order valence-electron chi connectivity index (χ4n) is 2.43. The molecule has 0 atom stereocenters. The number of carbonyl (C=O) groups is 1. The molecule has 27 heavy (non-hydrogen) atoms. The number of ether oxygens (including phenoxy) is 1. The number of hydrogen-bond acceptors (Lipinski definition) is 5. The topological polar surface area (TPSA) is 101 Å². The lowest BCUT2D eigenvalue weighted by atomic mass is 10.2. The standard InChI is InChI=1S/C19H27N5O3/c1-6-20-19(22-11-18-23-12(2)13(3)27-18)21-10-15-7-8-17(26-5)16(9-15)24-14(4)25/h7-9H,6,10-11H2,1-5H3,(H,24,25)(H2,20,21,22). The molecular weight excluding hydrogens is 346 g/mol. The van der Waals surface area contributed by atoms with Crippen molar-refractivity contribution in [2.24, 2.45) is 4.99 Å². The van der Waals surface area contributed by atoms with Crippen molar-refractivity contribution in [2.45, 2.75) is 40.8 Å². The summed E-state index contributed by atoms with van der Waals surface area (Å²) < 4.78 is 10.8. The number of amides is 1. The third-order valence-electron chi connectivity index (χ3n) is 3.82. The van der Waals surface area contributed by atoms with Crippen LogP contribution in [0.5, 0.6) is 5.75 Å². The highest BCUT2D eigenvalue weighted by Gasteiger charge is 2.08. The van der Waals surface area contributed by atoms with Crippen LogP contribution in [0.4, 0.5) is 5.69 Å². The summed E-state index contributed by atoms with van der Waals surface area (Å²) in [6.07, 6.45) is 0. The average molecular weight is 373 g/mol. The largest absolute Gasteiger partial charge is 0.495 e. The van der Waals surface area contributed by atoms with Crippen LogP contribution >= 0.6 is 0 Å². The van der Waals surface area contributed by atoms with Crippen LogP contribution < -0.4 is 20.7 Å². The molecule has 1 aromatic heterocycles. The molecular formula is C19H27N5O3. The van der Waals surface area contributed by atoms with Gasteiger partial charge in [0.1, 0.15) is 11.5 Å². The molecule has 1 heterocycles. The zero-order valence-electron chi connectivity index (χ0n) is 16.5. The molecule has 0 saturated carbocycles. The highest BCUT2D eigenvalue weighted by atomic mass is 16.5. The summed E-state index contributed by atoms with van der Waals surface area (Å²) in [7, 11) is 1.57. The number of methoxy groups -OCH3 is 1. The van der Waals surface area contributed by atoms with Gasteiger partial charge < -0.3 is 25.1 Å². The second-order valence-corrected chi connectivity index (χ2v) is 6.01. The Bertz CT molecular complexity index is 794. The van der Waals surface area contributed by atoms with Crippen LogP contribution in [-0.4, -0.2) is 30.5 Å². The second kappa shape index (κ2) is 9.61. The normalized spacial score (nSPS) is 11.2. The molecule has 8 nitrogen and oxygen atoms in total. The zero-order valence-corrected chi connectivity index (χ0v) is 16.5. The van der Waals surface area contributed by atoms with E-state index in [0.717, 1.165) is 23.6 Å². The maximum atomic E-state index is 11.4. The van der Waals surface area contributed by atoms with Crippen molar-refractivity contribution in [3.8, 4) is 5.75 Å². The number of anilines is 1. The minimum absolute atomic E-state index is 0.152. The quantitative estimate of drug-likeness (QED) is 0.509. The number of nitrogens with one attached hydrogen (secondary N) is 3. The van der Waals surface area contributed by atoms with Gasteiger partial charge in [0.2, 0.25) is 11.8 Å². The molecule has 1 amide bonds. The molecule has 3 N–H and O–H groups in total. The van der Waals surface area contributed by atoms with Crippen LogP contribution in [-0.2, 0) is 17.9 Å². The number of aryl methyl sites for hydroxylation is 2. The second-order valence-electron chi connectivity index (χ2n) is 6.01. The first-order chi connectivity index (χ1) is 12.9.